The van der Waals surface area contributed by atoms with Gasteiger partial charge in [0.05, 0.1) is 23.1 Å². The predicted octanol–water partition coefficient (Wildman–Crippen LogP) is 6.46. The molecule has 7 heteroatoms. The van der Waals surface area contributed by atoms with Crippen LogP contribution in [0.15, 0.2) is 78.2 Å². The topological polar surface area (TPSA) is 82.3 Å². The van der Waals surface area contributed by atoms with Crippen LogP contribution in [0.2, 0.25) is 0 Å². The second-order valence-corrected chi connectivity index (χ2v) is 8.80. The van der Waals surface area contributed by atoms with Gasteiger partial charge in [-0.05, 0) is 66.1 Å². The maximum atomic E-state index is 4.95. The number of likely N-dealkylation sites (N-methyl/N-ethyl adjacent to an activating group) is 1. The normalized spacial score (nSPS) is 12.9. The summed E-state index contributed by atoms with van der Waals surface area (Å²) in [5.74, 6) is 0.711. The lowest BCUT2D eigenvalue weighted by Gasteiger charge is -2.06. The zero-order chi connectivity index (χ0) is 24.8. The van der Waals surface area contributed by atoms with Crippen LogP contribution in [-0.2, 0) is 0 Å². The molecule has 0 unspecified atom stereocenters. The van der Waals surface area contributed by atoms with Crippen LogP contribution < -0.4 is 5.32 Å². The number of H-pyrrole nitrogens is 2. The van der Waals surface area contributed by atoms with Crippen LogP contribution in [-0.4, -0.2) is 38.2 Å². The minimum absolute atomic E-state index is 0.711. The lowest BCUT2D eigenvalue weighted by Crippen LogP contribution is -2.15. The number of allylic oxidation sites excluding steroid dienone is 5. The van der Waals surface area contributed by atoms with Gasteiger partial charge in [-0.1, -0.05) is 44.4 Å². The molecule has 0 aliphatic carbocycles. The first kappa shape index (κ1) is 24.3. The molecular weight excluding hydrogens is 452 g/mol. The van der Waals surface area contributed by atoms with Crippen LogP contribution in [0.1, 0.15) is 36.5 Å². The van der Waals surface area contributed by atoms with Gasteiger partial charge in [0.15, 0.2) is 5.82 Å². The molecule has 0 saturated heterocycles. The lowest BCUT2D eigenvalue weighted by molar-refractivity contribution is 0.785. The highest BCUT2D eigenvalue weighted by atomic mass is 32.1. The minimum atomic E-state index is 0.711. The van der Waals surface area contributed by atoms with E-state index in [1.165, 1.54) is 0 Å². The highest BCUT2D eigenvalue weighted by Gasteiger charge is 2.18. The first-order chi connectivity index (χ1) is 17.1. The summed E-state index contributed by atoms with van der Waals surface area (Å²) in [5.41, 5.74) is 8.63. The fourth-order valence-electron chi connectivity index (χ4n) is 3.89. The lowest BCUT2D eigenvalue weighted by atomic mass is 10.0. The van der Waals surface area contributed by atoms with Crippen LogP contribution in [0.5, 0.6) is 0 Å². The standard InChI is InChI=1S/C28H30N6S/c1-6-10-22(21-11-12-35-17-21)26-18(5)31-28(32-26)27-23-14-24(30-16-25(23)33-34-27)20(8-3)13-19(7-2)15-29-9-4/h6-8,10-14,16-17,29H,1-2,9,15H2,3-5H3,(H,31,32)(H,33,34)/b19-13+,20-8+,22-10-. The number of thiophene rings is 1. The van der Waals surface area contributed by atoms with Crippen molar-refractivity contribution in [3.63, 3.8) is 0 Å². The monoisotopic (exact) mass is 482 g/mol. The molecule has 4 aromatic rings. The van der Waals surface area contributed by atoms with Gasteiger partial charge in [-0.15, -0.1) is 0 Å². The molecule has 4 aromatic heterocycles. The van der Waals surface area contributed by atoms with Crippen molar-refractivity contribution in [1.29, 1.82) is 0 Å². The van der Waals surface area contributed by atoms with E-state index in [1.807, 2.05) is 32.2 Å². The predicted molar refractivity (Wildman–Crippen MR) is 148 cm³/mol. The van der Waals surface area contributed by atoms with Gasteiger partial charge in [0.25, 0.3) is 0 Å². The molecule has 0 atom stereocenters. The molecule has 0 aliphatic heterocycles. The highest BCUT2D eigenvalue weighted by Crippen LogP contribution is 2.31. The second-order valence-electron chi connectivity index (χ2n) is 8.02. The number of imidazole rings is 1. The van der Waals surface area contributed by atoms with Gasteiger partial charge in [0, 0.05) is 23.2 Å². The number of aromatic nitrogens is 5. The van der Waals surface area contributed by atoms with Crippen molar-refractivity contribution in [2.45, 2.75) is 20.8 Å². The number of nitrogens with one attached hydrogen (secondary N) is 3. The van der Waals surface area contributed by atoms with E-state index in [-0.39, 0.29) is 0 Å². The van der Waals surface area contributed by atoms with E-state index in [0.717, 1.165) is 69.1 Å². The smallest absolute Gasteiger partial charge is 0.159 e. The van der Waals surface area contributed by atoms with E-state index in [0.29, 0.717) is 5.82 Å². The van der Waals surface area contributed by atoms with Crippen LogP contribution in [0.3, 0.4) is 0 Å². The van der Waals surface area contributed by atoms with Crippen molar-refractivity contribution in [3.8, 4) is 11.5 Å². The van der Waals surface area contributed by atoms with Gasteiger partial charge < -0.3 is 10.3 Å². The molecule has 0 bridgehead atoms. The molecule has 35 heavy (non-hydrogen) atoms. The maximum absolute atomic E-state index is 4.95. The number of aryl methyl sites for hydroxylation is 1. The average molecular weight is 483 g/mol. The van der Waals surface area contributed by atoms with Crippen molar-refractivity contribution < 1.29 is 0 Å². The number of nitrogens with zero attached hydrogens (tertiary/aromatic N) is 3. The van der Waals surface area contributed by atoms with E-state index in [4.69, 9.17) is 4.98 Å². The van der Waals surface area contributed by atoms with Gasteiger partial charge in [-0.25, -0.2) is 4.98 Å². The van der Waals surface area contributed by atoms with Crippen molar-refractivity contribution in [3.05, 3.63) is 101 Å². The van der Waals surface area contributed by atoms with Crippen molar-refractivity contribution in [1.82, 2.24) is 30.5 Å². The molecule has 0 saturated carbocycles. The van der Waals surface area contributed by atoms with Gasteiger partial charge >= 0.3 is 0 Å². The highest BCUT2D eigenvalue weighted by molar-refractivity contribution is 7.08. The minimum Gasteiger partial charge on any atom is -0.340 e. The maximum Gasteiger partial charge on any atom is 0.159 e. The number of hydrogen-bond donors (Lipinski definition) is 3. The third kappa shape index (κ3) is 5.16. The summed E-state index contributed by atoms with van der Waals surface area (Å²) in [6.45, 7) is 15.6. The van der Waals surface area contributed by atoms with E-state index in [1.54, 1.807) is 17.4 Å². The molecular formula is C28H30N6S. The molecule has 6 nitrogen and oxygen atoms in total. The largest absolute Gasteiger partial charge is 0.340 e. The Balaban J connectivity index is 1.76. The Hall–Kier alpha value is -3.81. The first-order valence-corrected chi connectivity index (χ1v) is 12.5. The molecule has 0 spiro atoms. The number of fused-ring (bicyclic) bond motifs is 1. The third-order valence-electron chi connectivity index (χ3n) is 5.72. The fraction of sp³-hybridized carbons (Fsp3) is 0.179. The Morgan fingerprint density at radius 2 is 2.14 bits per heavy atom. The summed E-state index contributed by atoms with van der Waals surface area (Å²) >= 11 is 1.66. The summed E-state index contributed by atoms with van der Waals surface area (Å²) in [7, 11) is 0. The SMILES string of the molecule is C=C/C=C(/c1ccsc1)c1nc(-c2n[nH]c3cnc(C(/C=C(\C=C)CNCC)=C/C)cc23)[nH]c1C. The molecule has 0 radical (unpaired) electrons. The van der Waals surface area contributed by atoms with Crippen LogP contribution in [0, 0.1) is 6.92 Å². The Kier molecular flexibility index (Phi) is 7.70. The van der Waals surface area contributed by atoms with E-state index >= 15 is 0 Å². The van der Waals surface area contributed by atoms with Crippen LogP contribution >= 0.6 is 11.3 Å². The summed E-state index contributed by atoms with van der Waals surface area (Å²) in [6.07, 6.45) is 11.7. The van der Waals surface area contributed by atoms with Gasteiger partial charge in [-0.3, -0.25) is 10.1 Å². The molecule has 178 valence electrons. The second kappa shape index (κ2) is 11.1. The third-order valence-corrected chi connectivity index (χ3v) is 6.40. The summed E-state index contributed by atoms with van der Waals surface area (Å²) in [4.78, 5) is 13.1. The molecule has 0 aromatic carbocycles. The van der Waals surface area contributed by atoms with Crippen LogP contribution in [0.25, 0.3) is 33.6 Å². The van der Waals surface area contributed by atoms with Crippen molar-refractivity contribution in [2.75, 3.05) is 13.1 Å². The average Bonchev–Trinajstić information content (AvgIpc) is 3.62. The zero-order valence-electron chi connectivity index (χ0n) is 20.4. The van der Waals surface area contributed by atoms with Crippen molar-refractivity contribution in [2.24, 2.45) is 0 Å². The van der Waals surface area contributed by atoms with E-state index in [9.17, 15) is 0 Å². The number of hydrogen-bond acceptors (Lipinski definition) is 5. The Morgan fingerprint density at radius 1 is 1.29 bits per heavy atom. The Labute approximate surface area is 209 Å². The molecule has 4 heterocycles. The van der Waals surface area contributed by atoms with Crippen molar-refractivity contribution >= 4 is 33.4 Å². The molecule has 0 fully saturated rings. The first-order valence-electron chi connectivity index (χ1n) is 11.6. The fourth-order valence-corrected chi connectivity index (χ4v) is 4.55. The Bertz CT molecular complexity index is 1430. The molecule has 4 rings (SSSR count). The van der Waals surface area contributed by atoms with Gasteiger partial charge in [-0.2, -0.15) is 16.4 Å². The summed E-state index contributed by atoms with van der Waals surface area (Å²) in [5, 5.41) is 16.2. The quantitative estimate of drug-likeness (QED) is 0.227. The molecule has 3 N–H and O–H groups in total. The number of rotatable bonds is 10. The molecule has 0 aliphatic rings. The van der Waals surface area contributed by atoms with Gasteiger partial charge in [0.2, 0.25) is 0 Å². The van der Waals surface area contributed by atoms with Crippen LogP contribution in [0.4, 0.5) is 0 Å². The zero-order valence-corrected chi connectivity index (χ0v) is 21.2. The summed E-state index contributed by atoms with van der Waals surface area (Å²) < 4.78 is 0. The Morgan fingerprint density at radius 3 is 2.83 bits per heavy atom. The van der Waals surface area contributed by atoms with Gasteiger partial charge in [0.1, 0.15) is 5.69 Å². The number of pyridine rings is 1. The van der Waals surface area contributed by atoms with E-state index in [2.05, 4.69) is 80.6 Å². The molecule has 0 amide bonds. The number of aromatic amines is 2. The summed E-state index contributed by atoms with van der Waals surface area (Å²) in [6, 6.07) is 4.15. The van der Waals surface area contributed by atoms with E-state index < -0.39 is 0 Å².